The number of carbonyl (C=O) groups is 1. The molecular formula is C10H4N2O4. The average Bonchev–Trinajstić information content (AvgIpc) is 2.70. The molecule has 78 valence electrons. The predicted octanol–water partition coefficient (Wildman–Crippen LogP) is -0.124. The molecule has 0 saturated heterocycles. The van der Waals surface area contributed by atoms with Gasteiger partial charge in [-0.25, -0.2) is 0 Å². The molecule has 0 fully saturated rings. The second kappa shape index (κ2) is 2.75. The molecule has 0 radical (unpaired) electrons. The zero-order chi connectivity index (χ0) is 11.3. The van der Waals surface area contributed by atoms with E-state index in [-0.39, 0.29) is 11.3 Å². The third-order valence-electron chi connectivity index (χ3n) is 2.40. The van der Waals surface area contributed by atoms with E-state index in [1.165, 1.54) is 12.3 Å². The number of fused-ring (bicyclic) bond motifs is 3. The molecule has 1 aromatic heterocycles. The van der Waals surface area contributed by atoms with E-state index in [1.807, 2.05) is 5.16 Å². The summed E-state index contributed by atoms with van der Waals surface area (Å²) in [6.07, 6.45) is 4.32. The monoisotopic (exact) mass is 216 g/mol. The number of aromatic amines is 1. The Hall–Kier alpha value is -2.50. The molecule has 0 aromatic carbocycles. The summed E-state index contributed by atoms with van der Waals surface area (Å²) in [5, 5.41) is 1.94. The minimum atomic E-state index is -0.941. The molecule has 0 saturated carbocycles. The maximum absolute atomic E-state index is 11.6. The van der Waals surface area contributed by atoms with E-state index in [9.17, 15) is 14.4 Å². The van der Waals surface area contributed by atoms with Gasteiger partial charge in [0.15, 0.2) is 11.5 Å². The highest BCUT2D eigenvalue weighted by Crippen LogP contribution is 2.31. The molecule has 16 heavy (non-hydrogen) atoms. The van der Waals surface area contributed by atoms with E-state index in [1.54, 1.807) is 6.08 Å². The van der Waals surface area contributed by atoms with Gasteiger partial charge < -0.3 is 4.52 Å². The molecule has 6 heteroatoms. The lowest BCUT2D eigenvalue weighted by molar-refractivity contribution is 0.103. The predicted molar refractivity (Wildman–Crippen MR) is 54.5 cm³/mol. The van der Waals surface area contributed by atoms with Crippen LogP contribution < -0.4 is 11.0 Å². The van der Waals surface area contributed by atoms with Crippen LogP contribution in [-0.4, -0.2) is 17.2 Å². The molecule has 1 aromatic rings. The number of carbonyl (C=O) groups excluding carboxylic acids is 1. The fraction of sp³-hybridized carbons (Fsp3) is 0. The van der Waals surface area contributed by atoms with Crippen LogP contribution in [0.1, 0.15) is 16.1 Å². The van der Waals surface area contributed by atoms with Crippen molar-refractivity contribution in [2.75, 3.05) is 0 Å². The molecule has 0 unspecified atom stereocenters. The number of nitrogens with one attached hydrogen (secondary N) is 1. The highest BCUT2D eigenvalue weighted by molar-refractivity contribution is 6.15. The summed E-state index contributed by atoms with van der Waals surface area (Å²) in [7, 11) is 0. The normalized spacial score (nSPS) is 16.6. The van der Waals surface area contributed by atoms with Crippen LogP contribution in [-0.2, 0) is 0 Å². The first-order valence-corrected chi connectivity index (χ1v) is 4.45. The summed E-state index contributed by atoms with van der Waals surface area (Å²) < 4.78 is 4.90. The van der Waals surface area contributed by atoms with Crippen LogP contribution in [0.25, 0.3) is 5.57 Å². The molecule has 1 aliphatic heterocycles. The van der Waals surface area contributed by atoms with E-state index in [0.717, 1.165) is 0 Å². The molecule has 2 aliphatic rings. The molecule has 1 N–H and O–H groups in total. The molecule has 6 nitrogen and oxygen atoms in total. The number of ketones is 1. The van der Waals surface area contributed by atoms with Gasteiger partial charge in [-0.05, 0) is 6.08 Å². The van der Waals surface area contributed by atoms with Crippen molar-refractivity contribution in [2.45, 2.75) is 0 Å². The topological polar surface area (TPSA) is 92.5 Å². The minimum Gasteiger partial charge on any atom is -0.377 e. The molecule has 0 spiro atoms. The molecule has 2 heterocycles. The Morgan fingerprint density at radius 3 is 2.88 bits per heavy atom. The van der Waals surface area contributed by atoms with Crippen molar-refractivity contribution >= 4 is 17.6 Å². The summed E-state index contributed by atoms with van der Waals surface area (Å²) in [6, 6.07) is 0. The largest absolute Gasteiger partial charge is 0.377 e. The van der Waals surface area contributed by atoms with Crippen LogP contribution in [0.2, 0.25) is 0 Å². The zero-order valence-corrected chi connectivity index (χ0v) is 7.81. The second-order valence-corrected chi connectivity index (χ2v) is 3.32. The lowest BCUT2D eigenvalue weighted by Crippen LogP contribution is -2.33. The van der Waals surface area contributed by atoms with Crippen molar-refractivity contribution < 1.29 is 9.32 Å². The standard InChI is InChI=1S/C10H4N2O4/c13-6-3-5-4(1-2-11-5)9-7(6)8(14)10(15)12-16-9/h1-3H,(H,12,15). The highest BCUT2D eigenvalue weighted by atomic mass is 16.5. The summed E-state index contributed by atoms with van der Waals surface area (Å²) in [6.45, 7) is 0. The van der Waals surface area contributed by atoms with Crippen molar-refractivity contribution in [3.8, 4) is 0 Å². The average molecular weight is 216 g/mol. The SMILES string of the molecule is O=C1C=C2N=CC=C2c2o[nH]c(=O)c(=O)c21. The van der Waals surface area contributed by atoms with Gasteiger partial charge in [0, 0.05) is 17.9 Å². The zero-order valence-electron chi connectivity index (χ0n) is 7.81. The van der Waals surface area contributed by atoms with Gasteiger partial charge in [0.1, 0.15) is 5.56 Å². The van der Waals surface area contributed by atoms with Crippen LogP contribution in [0.5, 0.6) is 0 Å². The van der Waals surface area contributed by atoms with Crippen molar-refractivity contribution in [3.63, 3.8) is 0 Å². The Morgan fingerprint density at radius 2 is 2.06 bits per heavy atom. The van der Waals surface area contributed by atoms with Gasteiger partial charge >= 0.3 is 5.56 Å². The molecule has 0 amide bonds. The first kappa shape index (κ1) is 8.78. The van der Waals surface area contributed by atoms with Crippen LogP contribution in [0.4, 0.5) is 0 Å². The van der Waals surface area contributed by atoms with Gasteiger partial charge in [-0.3, -0.25) is 19.4 Å². The maximum Gasteiger partial charge on any atom is 0.325 e. The fourth-order valence-corrected chi connectivity index (χ4v) is 1.68. The van der Waals surface area contributed by atoms with Crippen molar-refractivity contribution in [1.82, 2.24) is 5.16 Å². The smallest absolute Gasteiger partial charge is 0.325 e. The number of hydrogen-bond acceptors (Lipinski definition) is 5. The molecule has 3 rings (SSSR count). The van der Waals surface area contributed by atoms with E-state index in [4.69, 9.17) is 4.52 Å². The fourth-order valence-electron chi connectivity index (χ4n) is 1.68. The Kier molecular flexibility index (Phi) is 1.51. The van der Waals surface area contributed by atoms with Gasteiger partial charge in [0.05, 0.1) is 5.70 Å². The van der Waals surface area contributed by atoms with Crippen molar-refractivity contribution in [3.05, 3.63) is 49.7 Å². The molecule has 1 aliphatic carbocycles. The van der Waals surface area contributed by atoms with Gasteiger partial charge in [0.2, 0.25) is 0 Å². The van der Waals surface area contributed by atoms with Crippen molar-refractivity contribution in [2.24, 2.45) is 4.99 Å². The van der Waals surface area contributed by atoms with E-state index in [2.05, 4.69) is 4.99 Å². The van der Waals surface area contributed by atoms with Crippen LogP contribution in [0, 0.1) is 0 Å². The summed E-state index contributed by atoms with van der Waals surface area (Å²) in [4.78, 5) is 38.1. The number of H-pyrrole nitrogens is 1. The quantitative estimate of drug-likeness (QED) is 0.611. The number of aromatic nitrogens is 1. The Labute approximate surface area is 87.6 Å². The van der Waals surface area contributed by atoms with Crippen LogP contribution in [0.15, 0.2) is 37.0 Å². The minimum absolute atomic E-state index is 0.0737. The summed E-state index contributed by atoms with van der Waals surface area (Å²) in [5.74, 6) is -0.481. The third-order valence-corrected chi connectivity index (χ3v) is 2.40. The number of nitrogens with zero attached hydrogens (tertiary/aromatic N) is 1. The summed E-state index contributed by atoms with van der Waals surface area (Å²) >= 11 is 0. The summed E-state index contributed by atoms with van der Waals surface area (Å²) in [5.41, 5.74) is -1.09. The van der Waals surface area contributed by atoms with Crippen molar-refractivity contribution in [1.29, 1.82) is 0 Å². The Morgan fingerprint density at radius 1 is 1.25 bits per heavy atom. The van der Waals surface area contributed by atoms with Gasteiger partial charge in [-0.15, -0.1) is 0 Å². The van der Waals surface area contributed by atoms with Gasteiger partial charge in [-0.2, -0.15) is 5.16 Å². The molecule has 0 atom stereocenters. The number of rotatable bonds is 0. The first-order valence-electron chi connectivity index (χ1n) is 4.45. The lowest BCUT2D eigenvalue weighted by atomic mass is 9.96. The van der Waals surface area contributed by atoms with E-state index < -0.39 is 16.8 Å². The Bertz CT molecular complexity index is 715. The van der Waals surface area contributed by atoms with E-state index in [0.29, 0.717) is 11.3 Å². The lowest BCUT2D eigenvalue weighted by Gasteiger charge is -2.10. The number of aliphatic imine (C=N–C) groups is 1. The van der Waals surface area contributed by atoms with E-state index >= 15 is 0 Å². The Balaban J connectivity index is 2.44. The van der Waals surface area contributed by atoms with Crippen LogP contribution >= 0.6 is 0 Å². The number of hydrogen-bond donors (Lipinski definition) is 1. The maximum atomic E-state index is 11.6. The second-order valence-electron chi connectivity index (χ2n) is 3.32. The van der Waals surface area contributed by atoms with Gasteiger partial charge in [0.25, 0.3) is 5.43 Å². The third kappa shape index (κ3) is 0.952. The first-order chi connectivity index (χ1) is 7.68. The van der Waals surface area contributed by atoms with Crippen LogP contribution in [0.3, 0.4) is 0 Å². The molecular weight excluding hydrogens is 212 g/mol. The van der Waals surface area contributed by atoms with Gasteiger partial charge in [-0.1, -0.05) is 0 Å². The molecule has 0 bridgehead atoms. The number of allylic oxidation sites excluding steroid dienone is 3. The highest BCUT2D eigenvalue weighted by Gasteiger charge is 2.30.